The van der Waals surface area contributed by atoms with E-state index in [1.165, 1.54) is 0 Å². The molecule has 21 heavy (non-hydrogen) atoms. The van der Waals surface area contributed by atoms with Crippen LogP contribution in [-0.4, -0.2) is 5.11 Å². The van der Waals surface area contributed by atoms with Crippen LogP contribution >= 0.6 is 0 Å². The van der Waals surface area contributed by atoms with Crippen molar-refractivity contribution in [1.82, 2.24) is 0 Å². The largest absolute Gasteiger partial charge is 0.463 e. The summed E-state index contributed by atoms with van der Waals surface area (Å²) in [6.07, 6.45) is 2.38. The van der Waals surface area contributed by atoms with Crippen molar-refractivity contribution in [3.05, 3.63) is 59.0 Å². The quantitative estimate of drug-likeness (QED) is 0.933. The molecule has 1 aliphatic rings. The number of aryl methyl sites for hydroxylation is 2. The van der Waals surface area contributed by atoms with Gasteiger partial charge >= 0.3 is 0 Å². The van der Waals surface area contributed by atoms with Gasteiger partial charge in [-0.05, 0) is 42.5 Å². The lowest BCUT2D eigenvalue weighted by Crippen LogP contribution is -2.35. The Labute approximate surface area is 124 Å². The molecule has 0 saturated heterocycles. The fourth-order valence-corrected chi connectivity index (χ4v) is 3.30. The first kappa shape index (κ1) is 13.9. The second kappa shape index (κ2) is 5.38. The van der Waals surface area contributed by atoms with Crippen molar-refractivity contribution >= 4 is 0 Å². The minimum atomic E-state index is -0.927. The monoisotopic (exact) mass is 281 g/mol. The molecular formula is C18H19NO2. The molecule has 1 aliphatic carbocycles. The standard InChI is InChI=1S/C18H19NO2/c1-2-14-9-10-16(21-14)17(20)18(12-19)11-5-7-13-6-3-4-8-15(13)18/h3-4,6,8-10,17,20H,2,5,7,11H2,1H3. The second-order valence-corrected chi connectivity index (χ2v) is 5.65. The number of benzene rings is 1. The summed E-state index contributed by atoms with van der Waals surface area (Å²) in [5.74, 6) is 1.33. The smallest absolute Gasteiger partial charge is 0.134 e. The highest BCUT2D eigenvalue weighted by Gasteiger charge is 2.45. The van der Waals surface area contributed by atoms with Crippen molar-refractivity contribution in [2.24, 2.45) is 0 Å². The van der Waals surface area contributed by atoms with Gasteiger partial charge in [-0.2, -0.15) is 5.26 Å². The minimum absolute atomic E-state index is 0.491. The van der Waals surface area contributed by atoms with Crippen LogP contribution in [0.25, 0.3) is 0 Å². The third-order valence-electron chi connectivity index (χ3n) is 4.48. The summed E-state index contributed by atoms with van der Waals surface area (Å²) in [6, 6.07) is 14.0. The summed E-state index contributed by atoms with van der Waals surface area (Å²) in [7, 11) is 0. The van der Waals surface area contributed by atoms with Crippen molar-refractivity contribution in [1.29, 1.82) is 5.26 Å². The molecule has 3 nitrogen and oxygen atoms in total. The van der Waals surface area contributed by atoms with Crippen LogP contribution in [-0.2, 0) is 18.3 Å². The third-order valence-corrected chi connectivity index (χ3v) is 4.48. The third kappa shape index (κ3) is 2.16. The van der Waals surface area contributed by atoms with Crippen LogP contribution in [0.3, 0.4) is 0 Å². The second-order valence-electron chi connectivity index (χ2n) is 5.65. The predicted octanol–water partition coefficient (Wildman–Crippen LogP) is 3.67. The average molecular weight is 281 g/mol. The summed E-state index contributed by atoms with van der Waals surface area (Å²) in [4.78, 5) is 0. The number of fused-ring (bicyclic) bond motifs is 1. The zero-order valence-electron chi connectivity index (χ0n) is 12.2. The van der Waals surface area contributed by atoms with Crippen molar-refractivity contribution in [3.63, 3.8) is 0 Å². The van der Waals surface area contributed by atoms with Crippen molar-refractivity contribution in [3.8, 4) is 6.07 Å². The first-order valence-electron chi connectivity index (χ1n) is 7.47. The molecule has 1 N–H and O–H groups in total. The maximum atomic E-state index is 10.8. The number of aliphatic hydroxyl groups excluding tert-OH is 1. The Morgan fingerprint density at radius 2 is 2.14 bits per heavy atom. The van der Waals surface area contributed by atoms with Crippen molar-refractivity contribution in [2.45, 2.75) is 44.1 Å². The lowest BCUT2D eigenvalue weighted by Gasteiger charge is -2.36. The van der Waals surface area contributed by atoms with Crippen LogP contribution in [0.1, 0.15) is 48.5 Å². The average Bonchev–Trinajstić information content (AvgIpc) is 3.02. The Balaban J connectivity index is 2.07. The van der Waals surface area contributed by atoms with Gasteiger partial charge in [0.15, 0.2) is 0 Å². The van der Waals surface area contributed by atoms with E-state index in [9.17, 15) is 10.4 Å². The van der Waals surface area contributed by atoms with Gasteiger partial charge in [0, 0.05) is 6.42 Å². The highest BCUT2D eigenvalue weighted by molar-refractivity contribution is 5.44. The molecule has 0 spiro atoms. The molecule has 0 fully saturated rings. The lowest BCUT2D eigenvalue weighted by atomic mass is 9.67. The molecule has 0 aliphatic heterocycles. The van der Waals surface area contributed by atoms with Crippen LogP contribution in [0.2, 0.25) is 0 Å². The summed E-state index contributed by atoms with van der Waals surface area (Å²) in [5.41, 5.74) is 1.20. The summed E-state index contributed by atoms with van der Waals surface area (Å²) >= 11 is 0. The van der Waals surface area contributed by atoms with Gasteiger partial charge < -0.3 is 9.52 Å². The number of hydrogen-bond donors (Lipinski definition) is 1. The van der Waals surface area contributed by atoms with Crippen LogP contribution in [0, 0.1) is 11.3 Å². The van der Waals surface area contributed by atoms with Gasteiger partial charge in [0.2, 0.25) is 0 Å². The SMILES string of the molecule is CCc1ccc(C(O)C2(C#N)CCCc3ccccc32)o1. The van der Waals surface area contributed by atoms with Crippen LogP contribution < -0.4 is 0 Å². The highest BCUT2D eigenvalue weighted by atomic mass is 16.4. The zero-order valence-corrected chi connectivity index (χ0v) is 12.2. The van der Waals surface area contributed by atoms with Gasteiger partial charge in [-0.25, -0.2) is 0 Å². The molecule has 3 rings (SSSR count). The minimum Gasteiger partial charge on any atom is -0.463 e. The molecule has 3 heteroatoms. The normalized spacial score (nSPS) is 22.3. The highest BCUT2D eigenvalue weighted by Crippen LogP contribution is 2.45. The topological polar surface area (TPSA) is 57.2 Å². The molecular weight excluding hydrogens is 262 g/mol. The van der Waals surface area contributed by atoms with Gasteiger partial charge in [-0.3, -0.25) is 0 Å². The molecule has 1 heterocycles. The number of aliphatic hydroxyl groups is 1. The first-order chi connectivity index (χ1) is 10.2. The van der Waals surface area contributed by atoms with Gasteiger partial charge in [-0.1, -0.05) is 31.2 Å². The van der Waals surface area contributed by atoms with Crippen LogP contribution in [0.4, 0.5) is 0 Å². The van der Waals surface area contributed by atoms with Crippen LogP contribution in [0.15, 0.2) is 40.8 Å². The molecule has 0 radical (unpaired) electrons. The van der Waals surface area contributed by atoms with Gasteiger partial charge in [-0.15, -0.1) is 0 Å². The maximum Gasteiger partial charge on any atom is 0.134 e. The van der Waals surface area contributed by atoms with Crippen LogP contribution in [0.5, 0.6) is 0 Å². The molecule has 0 saturated carbocycles. The maximum absolute atomic E-state index is 10.8. The lowest BCUT2D eigenvalue weighted by molar-refractivity contribution is 0.0771. The van der Waals surface area contributed by atoms with E-state index in [4.69, 9.17) is 4.42 Å². The zero-order chi connectivity index (χ0) is 14.9. The number of hydrogen-bond acceptors (Lipinski definition) is 3. The van der Waals surface area contributed by atoms with E-state index in [2.05, 4.69) is 6.07 Å². The fourth-order valence-electron chi connectivity index (χ4n) is 3.30. The molecule has 1 aromatic heterocycles. The molecule has 108 valence electrons. The first-order valence-corrected chi connectivity index (χ1v) is 7.47. The van der Waals surface area contributed by atoms with Gasteiger partial charge in [0.25, 0.3) is 0 Å². The predicted molar refractivity (Wildman–Crippen MR) is 79.7 cm³/mol. The molecule has 0 bridgehead atoms. The molecule has 2 atom stereocenters. The van der Waals surface area contributed by atoms with E-state index in [1.807, 2.05) is 37.3 Å². The number of furan rings is 1. The fraction of sp³-hybridized carbons (Fsp3) is 0.389. The van der Waals surface area contributed by atoms with Crippen molar-refractivity contribution < 1.29 is 9.52 Å². The van der Waals surface area contributed by atoms with Gasteiger partial charge in [0.05, 0.1) is 6.07 Å². The molecule has 1 aromatic carbocycles. The van der Waals surface area contributed by atoms with E-state index >= 15 is 0 Å². The Kier molecular flexibility index (Phi) is 3.57. The Hall–Kier alpha value is -2.05. The van der Waals surface area contributed by atoms with E-state index < -0.39 is 11.5 Å². The summed E-state index contributed by atoms with van der Waals surface area (Å²) in [6.45, 7) is 2.00. The number of rotatable bonds is 3. The Bertz CT molecular complexity index is 683. The number of nitriles is 1. The van der Waals surface area contributed by atoms with Crippen molar-refractivity contribution in [2.75, 3.05) is 0 Å². The Morgan fingerprint density at radius 1 is 1.33 bits per heavy atom. The number of nitrogens with zero attached hydrogens (tertiary/aromatic N) is 1. The Morgan fingerprint density at radius 3 is 2.86 bits per heavy atom. The van der Waals surface area contributed by atoms with E-state index in [0.717, 1.165) is 36.1 Å². The van der Waals surface area contributed by atoms with Gasteiger partial charge in [0.1, 0.15) is 23.0 Å². The molecule has 2 aromatic rings. The summed E-state index contributed by atoms with van der Waals surface area (Å²) in [5, 5.41) is 20.7. The summed E-state index contributed by atoms with van der Waals surface area (Å²) < 4.78 is 5.69. The van der Waals surface area contributed by atoms with E-state index in [-0.39, 0.29) is 0 Å². The van der Waals surface area contributed by atoms with E-state index in [1.54, 1.807) is 6.07 Å². The van der Waals surface area contributed by atoms with E-state index in [0.29, 0.717) is 12.2 Å². The molecule has 0 amide bonds. The molecule has 2 unspecified atom stereocenters.